The standard InChI is InChI=1S/C12H21N5O2S/c1-9-14-10(8-12(13-2)15-9)11-6-5-7-17(11)20(18,19)16(3)4/h8,11H,5-7H2,1-4H3,(H,13,14,15). The average molecular weight is 299 g/mol. The normalized spacial score (nSPS) is 20.6. The zero-order valence-electron chi connectivity index (χ0n) is 12.3. The molecule has 2 rings (SSSR count). The van der Waals surface area contributed by atoms with Crippen LogP contribution >= 0.6 is 0 Å². The zero-order valence-corrected chi connectivity index (χ0v) is 13.1. The van der Waals surface area contributed by atoms with Crippen molar-refractivity contribution in [1.29, 1.82) is 0 Å². The summed E-state index contributed by atoms with van der Waals surface area (Å²) in [6.07, 6.45) is 1.63. The van der Waals surface area contributed by atoms with E-state index in [9.17, 15) is 8.42 Å². The molecule has 1 fully saturated rings. The molecule has 1 saturated heterocycles. The molecule has 0 radical (unpaired) electrons. The van der Waals surface area contributed by atoms with Crippen LogP contribution in [0.2, 0.25) is 0 Å². The minimum absolute atomic E-state index is 0.212. The number of aryl methyl sites for hydroxylation is 1. The van der Waals surface area contributed by atoms with Gasteiger partial charge in [-0.25, -0.2) is 9.97 Å². The lowest BCUT2D eigenvalue weighted by atomic mass is 10.1. The summed E-state index contributed by atoms with van der Waals surface area (Å²) in [4.78, 5) is 8.66. The lowest BCUT2D eigenvalue weighted by molar-refractivity contribution is 0.357. The van der Waals surface area contributed by atoms with Crippen molar-refractivity contribution in [3.63, 3.8) is 0 Å². The third-order valence-corrected chi connectivity index (χ3v) is 5.37. The molecule has 1 aliphatic heterocycles. The van der Waals surface area contributed by atoms with E-state index < -0.39 is 10.2 Å². The maximum absolute atomic E-state index is 12.3. The molecule has 1 unspecified atom stereocenters. The third-order valence-electron chi connectivity index (χ3n) is 3.42. The number of nitrogens with zero attached hydrogens (tertiary/aromatic N) is 4. The third kappa shape index (κ3) is 2.77. The predicted octanol–water partition coefficient (Wildman–Crippen LogP) is 0.770. The Kier molecular flexibility index (Phi) is 4.26. The number of hydrogen-bond donors (Lipinski definition) is 1. The fourth-order valence-corrected chi connectivity index (χ4v) is 3.73. The molecule has 1 atom stereocenters. The Morgan fingerprint density at radius 3 is 2.70 bits per heavy atom. The Hall–Kier alpha value is -1.25. The number of hydrogen-bond acceptors (Lipinski definition) is 5. The van der Waals surface area contributed by atoms with Gasteiger partial charge in [-0.15, -0.1) is 0 Å². The molecule has 2 heterocycles. The first kappa shape index (κ1) is 15.1. The summed E-state index contributed by atoms with van der Waals surface area (Å²) < 4.78 is 27.5. The molecule has 1 aromatic rings. The number of aromatic nitrogens is 2. The van der Waals surface area contributed by atoms with Gasteiger partial charge < -0.3 is 5.32 Å². The Balaban J connectivity index is 2.39. The molecule has 8 heteroatoms. The highest BCUT2D eigenvalue weighted by atomic mass is 32.2. The molecule has 0 bridgehead atoms. The second-order valence-corrected chi connectivity index (χ2v) is 7.13. The molecule has 0 amide bonds. The van der Waals surface area contributed by atoms with E-state index in [0.717, 1.165) is 18.5 Å². The number of anilines is 1. The van der Waals surface area contributed by atoms with Gasteiger partial charge in [0.15, 0.2) is 0 Å². The minimum atomic E-state index is -3.42. The lowest BCUT2D eigenvalue weighted by Crippen LogP contribution is -2.39. The molecule has 112 valence electrons. The second-order valence-electron chi connectivity index (χ2n) is 5.03. The van der Waals surface area contributed by atoms with Gasteiger partial charge in [0.2, 0.25) is 0 Å². The second kappa shape index (κ2) is 5.63. The maximum Gasteiger partial charge on any atom is 0.282 e. The SMILES string of the molecule is CNc1cc(C2CCCN2S(=O)(=O)N(C)C)nc(C)n1. The first-order valence-corrected chi connectivity index (χ1v) is 7.98. The van der Waals surface area contributed by atoms with Crippen LogP contribution < -0.4 is 5.32 Å². The summed E-state index contributed by atoms with van der Waals surface area (Å²) in [6, 6.07) is 1.61. The molecule has 1 aromatic heterocycles. The minimum Gasteiger partial charge on any atom is -0.373 e. The van der Waals surface area contributed by atoms with E-state index in [1.807, 2.05) is 13.0 Å². The maximum atomic E-state index is 12.3. The molecular weight excluding hydrogens is 278 g/mol. The van der Waals surface area contributed by atoms with Crippen LogP contribution in [-0.2, 0) is 10.2 Å². The Bertz CT molecular complexity index is 588. The van der Waals surface area contributed by atoms with Crippen molar-refractivity contribution in [2.75, 3.05) is 33.0 Å². The van der Waals surface area contributed by atoms with Gasteiger partial charge in [-0.1, -0.05) is 0 Å². The first-order valence-electron chi connectivity index (χ1n) is 6.59. The topological polar surface area (TPSA) is 78.4 Å². The van der Waals surface area contributed by atoms with Gasteiger partial charge in [0.25, 0.3) is 10.2 Å². The number of nitrogens with one attached hydrogen (secondary N) is 1. The van der Waals surface area contributed by atoms with E-state index >= 15 is 0 Å². The van der Waals surface area contributed by atoms with Crippen molar-refractivity contribution < 1.29 is 8.42 Å². The van der Waals surface area contributed by atoms with Crippen molar-refractivity contribution in [3.8, 4) is 0 Å². The van der Waals surface area contributed by atoms with Crippen molar-refractivity contribution >= 4 is 16.0 Å². The molecule has 0 aromatic carbocycles. The summed E-state index contributed by atoms with van der Waals surface area (Å²) in [6.45, 7) is 2.34. The Labute approximate surface area is 120 Å². The molecule has 20 heavy (non-hydrogen) atoms. The summed E-state index contributed by atoms with van der Waals surface area (Å²) in [7, 11) is 1.47. The van der Waals surface area contributed by atoms with E-state index in [4.69, 9.17) is 0 Å². The van der Waals surface area contributed by atoms with E-state index in [-0.39, 0.29) is 6.04 Å². The quantitative estimate of drug-likeness (QED) is 0.888. The van der Waals surface area contributed by atoms with Gasteiger partial charge >= 0.3 is 0 Å². The molecular formula is C12H21N5O2S. The van der Waals surface area contributed by atoms with Crippen molar-refractivity contribution in [2.45, 2.75) is 25.8 Å². The molecule has 0 saturated carbocycles. The largest absolute Gasteiger partial charge is 0.373 e. The van der Waals surface area contributed by atoms with Crippen LogP contribution in [0.25, 0.3) is 0 Å². The fraction of sp³-hybridized carbons (Fsp3) is 0.667. The lowest BCUT2D eigenvalue weighted by Gasteiger charge is -2.26. The van der Waals surface area contributed by atoms with E-state index in [0.29, 0.717) is 18.2 Å². The average Bonchev–Trinajstić information content (AvgIpc) is 2.87. The van der Waals surface area contributed by atoms with Gasteiger partial charge in [-0.2, -0.15) is 17.0 Å². The predicted molar refractivity (Wildman–Crippen MR) is 77.6 cm³/mol. The van der Waals surface area contributed by atoms with Crippen LogP contribution in [0.4, 0.5) is 5.82 Å². The van der Waals surface area contributed by atoms with Crippen LogP contribution in [0.15, 0.2) is 6.07 Å². The molecule has 0 aliphatic carbocycles. The van der Waals surface area contributed by atoms with E-state index in [2.05, 4.69) is 15.3 Å². The zero-order chi connectivity index (χ0) is 14.9. The highest BCUT2D eigenvalue weighted by Gasteiger charge is 2.37. The summed E-state index contributed by atoms with van der Waals surface area (Å²) >= 11 is 0. The van der Waals surface area contributed by atoms with Crippen molar-refractivity contribution in [3.05, 3.63) is 17.6 Å². The highest BCUT2D eigenvalue weighted by molar-refractivity contribution is 7.86. The van der Waals surface area contributed by atoms with Crippen LogP contribution in [0.3, 0.4) is 0 Å². The van der Waals surface area contributed by atoms with E-state index in [1.165, 1.54) is 8.61 Å². The van der Waals surface area contributed by atoms with Crippen LogP contribution in [-0.4, -0.2) is 54.7 Å². The van der Waals surface area contributed by atoms with Crippen LogP contribution in [0.1, 0.15) is 30.4 Å². The Morgan fingerprint density at radius 1 is 1.40 bits per heavy atom. The van der Waals surface area contributed by atoms with Gasteiger partial charge in [0.05, 0.1) is 11.7 Å². The summed E-state index contributed by atoms with van der Waals surface area (Å²) in [5, 5.41) is 2.98. The van der Waals surface area contributed by atoms with Crippen LogP contribution in [0, 0.1) is 6.92 Å². The highest BCUT2D eigenvalue weighted by Crippen LogP contribution is 2.34. The molecule has 1 N–H and O–H groups in total. The van der Waals surface area contributed by atoms with Gasteiger partial charge in [-0.05, 0) is 19.8 Å². The molecule has 0 spiro atoms. The molecule has 1 aliphatic rings. The smallest absolute Gasteiger partial charge is 0.282 e. The van der Waals surface area contributed by atoms with Crippen LogP contribution in [0.5, 0.6) is 0 Å². The van der Waals surface area contributed by atoms with Gasteiger partial charge in [-0.3, -0.25) is 0 Å². The fourth-order valence-electron chi connectivity index (χ4n) is 2.41. The molecule has 7 nitrogen and oxygen atoms in total. The Morgan fingerprint density at radius 2 is 2.10 bits per heavy atom. The van der Waals surface area contributed by atoms with Crippen molar-refractivity contribution in [1.82, 2.24) is 18.6 Å². The first-order chi connectivity index (χ1) is 9.36. The number of rotatable bonds is 4. The van der Waals surface area contributed by atoms with Gasteiger partial charge in [0, 0.05) is 33.8 Å². The summed E-state index contributed by atoms with van der Waals surface area (Å²) in [5.41, 5.74) is 0.754. The van der Waals surface area contributed by atoms with E-state index in [1.54, 1.807) is 21.1 Å². The van der Waals surface area contributed by atoms with Crippen molar-refractivity contribution in [2.24, 2.45) is 0 Å². The monoisotopic (exact) mass is 299 g/mol. The summed E-state index contributed by atoms with van der Waals surface area (Å²) in [5.74, 6) is 1.35. The van der Waals surface area contributed by atoms with Gasteiger partial charge in [0.1, 0.15) is 11.6 Å².